The number of para-hydroxylation sites is 2. The van der Waals surface area contributed by atoms with Crippen molar-refractivity contribution in [2.24, 2.45) is 0 Å². The topological polar surface area (TPSA) is 149 Å². The molecular formula is C22H30BrN5O6. The minimum atomic E-state index is -0.627. The molecule has 1 heterocycles. The van der Waals surface area contributed by atoms with Gasteiger partial charge in [0.2, 0.25) is 0 Å². The Labute approximate surface area is 206 Å². The maximum Gasteiger partial charge on any atom is 0.410 e. The van der Waals surface area contributed by atoms with E-state index in [-0.39, 0.29) is 51.0 Å². The predicted octanol–water partition coefficient (Wildman–Crippen LogP) is 2.70. The molecule has 0 aliphatic carbocycles. The lowest BCUT2D eigenvalue weighted by molar-refractivity contribution is 0.0127. The number of nitrogen functional groups attached to an aromatic ring is 1. The Hall–Kier alpha value is -2.96. The zero-order valence-corrected chi connectivity index (χ0v) is 21.0. The highest BCUT2D eigenvalue weighted by Gasteiger charge is 2.21. The summed E-state index contributed by atoms with van der Waals surface area (Å²) in [6.07, 6.45) is 0.890. The number of anilines is 2. The normalized spacial score (nSPS) is 11.1. The molecular weight excluding hydrogens is 510 g/mol. The molecule has 0 spiro atoms. The zero-order valence-electron chi connectivity index (χ0n) is 19.4. The van der Waals surface area contributed by atoms with E-state index in [2.05, 4.69) is 31.2 Å². The van der Waals surface area contributed by atoms with Gasteiger partial charge in [-0.1, -0.05) is 12.1 Å². The van der Waals surface area contributed by atoms with E-state index in [0.717, 1.165) is 0 Å². The number of halogens is 1. The maximum absolute atomic E-state index is 12.6. The summed E-state index contributed by atoms with van der Waals surface area (Å²) in [5.41, 5.74) is 5.55. The standard InChI is InChI=1S/C22H30BrN5O6/c1-22(2,3)34-21(31)28(8-10-29)9-11-32-12-13-33-16-7-5-4-6-15(16)26-20(30)18-19(24)25-14-17(23)27-18/h4-7,14,29H,8-13H2,1-3H3,(H2,24,25)(H,26,30). The van der Waals surface area contributed by atoms with E-state index in [1.165, 1.54) is 11.1 Å². The van der Waals surface area contributed by atoms with Crippen LogP contribution >= 0.6 is 15.9 Å². The Morgan fingerprint density at radius 3 is 2.62 bits per heavy atom. The third-order valence-electron chi connectivity index (χ3n) is 4.13. The van der Waals surface area contributed by atoms with Crippen LogP contribution in [0.15, 0.2) is 35.1 Å². The second-order valence-corrected chi connectivity index (χ2v) is 8.84. The second-order valence-electron chi connectivity index (χ2n) is 8.03. The van der Waals surface area contributed by atoms with Crippen molar-refractivity contribution in [3.8, 4) is 5.75 Å². The van der Waals surface area contributed by atoms with Crippen LogP contribution in [-0.2, 0) is 9.47 Å². The summed E-state index contributed by atoms with van der Waals surface area (Å²) in [4.78, 5) is 34.1. The van der Waals surface area contributed by atoms with Crippen molar-refractivity contribution in [1.29, 1.82) is 0 Å². The Morgan fingerprint density at radius 2 is 1.91 bits per heavy atom. The van der Waals surface area contributed by atoms with Crippen LogP contribution in [0.25, 0.3) is 0 Å². The first-order valence-electron chi connectivity index (χ1n) is 10.6. The number of hydrogen-bond donors (Lipinski definition) is 3. The first-order chi connectivity index (χ1) is 16.1. The number of aliphatic hydroxyl groups is 1. The highest BCUT2D eigenvalue weighted by molar-refractivity contribution is 9.10. The highest BCUT2D eigenvalue weighted by Crippen LogP contribution is 2.25. The van der Waals surface area contributed by atoms with Gasteiger partial charge in [-0.3, -0.25) is 4.79 Å². The Bertz CT molecular complexity index is 969. The van der Waals surface area contributed by atoms with Crippen molar-refractivity contribution in [1.82, 2.24) is 14.9 Å². The zero-order chi connectivity index (χ0) is 25.1. The molecule has 0 saturated carbocycles. The molecule has 4 N–H and O–H groups in total. The molecule has 0 radical (unpaired) electrons. The van der Waals surface area contributed by atoms with E-state index in [9.17, 15) is 14.7 Å². The van der Waals surface area contributed by atoms with Crippen LogP contribution in [0.5, 0.6) is 5.75 Å². The van der Waals surface area contributed by atoms with Crippen molar-refractivity contribution in [2.75, 3.05) is 50.6 Å². The van der Waals surface area contributed by atoms with Crippen molar-refractivity contribution >= 4 is 39.4 Å². The third-order valence-corrected chi connectivity index (χ3v) is 4.52. The minimum absolute atomic E-state index is 0.00845. The molecule has 0 atom stereocenters. The number of aliphatic hydroxyl groups excluding tert-OH is 1. The van der Waals surface area contributed by atoms with Crippen LogP contribution in [0, 0.1) is 0 Å². The molecule has 12 heteroatoms. The SMILES string of the molecule is CC(C)(C)OC(=O)N(CCO)CCOCCOc1ccccc1NC(=O)c1nc(Br)cnc1N. The number of aromatic nitrogens is 2. The summed E-state index contributed by atoms with van der Waals surface area (Å²) >= 11 is 3.17. The molecule has 0 saturated heterocycles. The maximum atomic E-state index is 12.6. The van der Waals surface area contributed by atoms with E-state index in [0.29, 0.717) is 16.0 Å². The van der Waals surface area contributed by atoms with E-state index >= 15 is 0 Å². The van der Waals surface area contributed by atoms with E-state index in [1.54, 1.807) is 45.0 Å². The smallest absolute Gasteiger partial charge is 0.410 e. The highest BCUT2D eigenvalue weighted by atomic mass is 79.9. The molecule has 11 nitrogen and oxygen atoms in total. The first-order valence-corrected chi connectivity index (χ1v) is 11.4. The third kappa shape index (κ3) is 9.12. The molecule has 2 rings (SSSR count). The number of carbonyl (C=O) groups is 2. The van der Waals surface area contributed by atoms with Crippen LogP contribution < -0.4 is 15.8 Å². The fourth-order valence-electron chi connectivity index (χ4n) is 2.65. The van der Waals surface area contributed by atoms with Gasteiger partial charge in [0.1, 0.15) is 22.6 Å². The lowest BCUT2D eigenvalue weighted by Crippen LogP contribution is -2.40. The number of hydrogen-bond acceptors (Lipinski definition) is 9. The Balaban J connectivity index is 1.83. The second kappa shape index (κ2) is 13.1. The largest absolute Gasteiger partial charge is 0.489 e. The summed E-state index contributed by atoms with van der Waals surface area (Å²) in [5.74, 6) is -0.0736. The van der Waals surface area contributed by atoms with Crippen LogP contribution in [-0.4, -0.2) is 77.1 Å². The number of nitrogens with zero attached hydrogens (tertiary/aromatic N) is 3. The number of rotatable bonds is 11. The fraction of sp³-hybridized carbons (Fsp3) is 0.455. The summed E-state index contributed by atoms with van der Waals surface area (Å²) in [5, 5.41) is 11.9. The average molecular weight is 540 g/mol. The van der Waals surface area contributed by atoms with Crippen LogP contribution in [0.1, 0.15) is 31.3 Å². The molecule has 0 aliphatic heterocycles. The molecule has 186 valence electrons. The van der Waals surface area contributed by atoms with Gasteiger partial charge in [0, 0.05) is 13.1 Å². The van der Waals surface area contributed by atoms with Gasteiger partial charge in [0.15, 0.2) is 11.5 Å². The molecule has 0 bridgehead atoms. The minimum Gasteiger partial charge on any atom is -0.489 e. The van der Waals surface area contributed by atoms with Gasteiger partial charge in [-0.2, -0.15) is 0 Å². The van der Waals surface area contributed by atoms with Gasteiger partial charge < -0.3 is 35.3 Å². The summed E-state index contributed by atoms with van der Waals surface area (Å²) in [6, 6.07) is 6.91. The number of benzene rings is 1. The number of nitrogens with two attached hydrogens (primary N) is 1. The molecule has 2 aromatic rings. The van der Waals surface area contributed by atoms with Crippen molar-refractivity contribution in [2.45, 2.75) is 26.4 Å². The van der Waals surface area contributed by atoms with Crippen LogP contribution in [0.3, 0.4) is 0 Å². The molecule has 1 aromatic carbocycles. The van der Waals surface area contributed by atoms with Crippen LogP contribution in [0.2, 0.25) is 0 Å². The average Bonchev–Trinajstić information content (AvgIpc) is 2.76. The van der Waals surface area contributed by atoms with Crippen molar-refractivity contribution in [3.63, 3.8) is 0 Å². The quantitative estimate of drug-likeness (QED) is 0.366. The lowest BCUT2D eigenvalue weighted by Gasteiger charge is -2.26. The van der Waals surface area contributed by atoms with Gasteiger partial charge >= 0.3 is 6.09 Å². The number of amides is 2. The van der Waals surface area contributed by atoms with E-state index in [4.69, 9.17) is 19.9 Å². The molecule has 1 aromatic heterocycles. The van der Waals surface area contributed by atoms with Gasteiger partial charge in [-0.25, -0.2) is 14.8 Å². The number of ether oxygens (including phenoxy) is 3. The van der Waals surface area contributed by atoms with Gasteiger partial charge in [-0.15, -0.1) is 0 Å². The van der Waals surface area contributed by atoms with Crippen molar-refractivity contribution < 1.29 is 28.9 Å². The molecule has 0 aliphatic rings. The van der Waals surface area contributed by atoms with Gasteiger partial charge in [0.25, 0.3) is 5.91 Å². The summed E-state index contributed by atoms with van der Waals surface area (Å²) in [7, 11) is 0. The molecule has 34 heavy (non-hydrogen) atoms. The van der Waals surface area contributed by atoms with E-state index in [1.807, 2.05) is 0 Å². The molecule has 0 fully saturated rings. The fourth-order valence-corrected chi connectivity index (χ4v) is 2.93. The Morgan fingerprint density at radius 1 is 1.18 bits per heavy atom. The summed E-state index contributed by atoms with van der Waals surface area (Å²) < 4.78 is 17.0. The number of nitrogens with one attached hydrogen (secondary N) is 1. The summed E-state index contributed by atoms with van der Waals surface area (Å²) in [6.45, 7) is 6.24. The molecule has 0 unspecified atom stereocenters. The lowest BCUT2D eigenvalue weighted by atomic mass is 10.2. The van der Waals surface area contributed by atoms with Crippen LogP contribution in [0.4, 0.5) is 16.3 Å². The molecule has 2 amide bonds. The van der Waals surface area contributed by atoms with E-state index < -0.39 is 17.6 Å². The number of carbonyl (C=O) groups excluding carboxylic acids is 2. The monoisotopic (exact) mass is 539 g/mol. The van der Waals surface area contributed by atoms with Crippen molar-refractivity contribution in [3.05, 3.63) is 40.8 Å². The van der Waals surface area contributed by atoms with Gasteiger partial charge in [-0.05, 0) is 48.8 Å². The first kappa shape index (κ1) is 27.3. The predicted molar refractivity (Wildman–Crippen MR) is 130 cm³/mol. The van der Waals surface area contributed by atoms with Gasteiger partial charge in [0.05, 0.1) is 31.7 Å². The Kier molecular flexibility index (Phi) is 10.5.